The number of aliphatic carboxylic acids is 1. The number of aliphatic hydroxyl groups is 1. The fraction of sp³-hybridized carbons (Fsp3) is 0.333. The summed E-state index contributed by atoms with van der Waals surface area (Å²) in [5.41, 5.74) is 1.38. The van der Waals surface area contributed by atoms with Crippen LogP contribution in [-0.4, -0.2) is 41.7 Å². The maximum Gasteiger partial charge on any atom is 0.412 e. The average molecular weight is 460 g/mol. The Bertz CT molecular complexity index is 900. The van der Waals surface area contributed by atoms with Crippen LogP contribution in [0.1, 0.15) is 31.4 Å². The van der Waals surface area contributed by atoms with E-state index in [9.17, 15) is 9.59 Å². The molecular formula is C24H29NO6S. The molecule has 2 aromatic rings. The van der Waals surface area contributed by atoms with Gasteiger partial charge in [-0.3, -0.25) is 5.32 Å². The lowest BCUT2D eigenvalue weighted by Crippen LogP contribution is -2.22. The number of thioether (sulfide) groups is 1. The number of anilines is 1. The summed E-state index contributed by atoms with van der Waals surface area (Å²) in [5.74, 6) is -0.520. The van der Waals surface area contributed by atoms with Crippen LogP contribution in [-0.2, 0) is 9.53 Å². The van der Waals surface area contributed by atoms with E-state index in [-0.39, 0.29) is 19.1 Å². The van der Waals surface area contributed by atoms with Crippen molar-refractivity contribution in [1.29, 1.82) is 0 Å². The molecule has 0 unspecified atom stereocenters. The van der Waals surface area contributed by atoms with E-state index in [4.69, 9.17) is 19.7 Å². The van der Waals surface area contributed by atoms with Gasteiger partial charge in [-0.1, -0.05) is 25.1 Å². The molecule has 2 atom stereocenters. The van der Waals surface area contributed by atoms with Crippen LogP contribution in [0.25, 0.3) is 0 Å². The minimum absolute atomic E-state index is 0.0915. The first kappa shape index (κ1) is 25.3. The number of carbonyl (C=O) groups is 2. The maximum absolute atomic E-state index is 12.6. The number of amides is 1. The molecule has 7 nitrogen and oxygen atoms in total. The van der Waals surface area contributed by atoms with Gasteiger partial charge in [0.25, 0.3) is 0 Å². The molecule has 1 amide bonds. The smallest absolute Gasteiger partial charge is 0.412 e. The molecule has 0 heterocycles. The molecule has 0 aliphatic heterocycles. The third-order valence-electron chi connectivity index (χ3n) is 4.68. The van der Waals surface area contributed by atoms with Gasteiger partial charge < -0.3 is 19.7 Å². The van der Waals surface area contributed by atoms with Crippen molar-refractivity contribution in [2.45, 2.75) is 30.8 Å². The lowest BCUT2D eigenvalue weighted by molar-refractivity contribution is -0.131. The zero-order valence-corrected chi connectivity index (χ0v) is 19.0. The lowest BCUT2D eigenvalue weighted by Gasteiger charge is -2.25. The topological polar surface area (TPSA) is 105 Å². The third kappa shape index (κ3) is 8.64. The number of ether oxygens (including phenoxy) is 2. The maximum atomic E-state index is 12.6. The van der Waals surface area contributed by atoms with Crippen molar-refractivity contribution in [3.63, 3.8) is 0 Å². The summed E-state index contributed by atoms with van der Waals surface area (Å²) in [5, 5.41) is 20.5. The number of benzene rings is 2. The number of carboxylic acid groups (broad SMARTS) is 1. The zero-order chi connectivity index (χ0) is 23.3. The highest BCUT2D eigenvalue weighted by Crippen LogP contribution is 2.32. The summed E-state index contributed by atoms with van der Waals surface area (Å²) in [7, 11) is 0. The molecule has 0 aliphatic rings. The minimum atomic E-state index is -0.994. The highest BCUT2D eigenvalue weighted by Gasteiger charge is 2.24. The quantitative estimate of drug-likeness (QED) is 0.299. The first-order chi connectivity index (χ1) is 15.4. The summed E-state index contributed by atoms with van der Waals surface area (Å²) < 4.78 is 11.3. The largest absolute Gasteiger partial charge is 0.491 e. The predicted molar refractivity (Wildman–Crippen MR) is 125 cm³/mol. The standard InChI is InChI=1S/C24H29NO6S/c1-17(6-3-4-9-22(27)28)23(18-7-5-8-20(16-18)30-15-14-26)31-24(29)25-19-10-12-21(32-2)13-11-19/h4-5,7-13,16-17,23,26H,3,6,14-15H2,1-2H3,(H,25,29)(H,27,28)/b9-4+/t17-,23+/m0/s1. The van der Waals surface area contributed by atoms with Crippen molar-refractivity contribution >= 4 is 29.5 Å². The van der Waals surface area contributed by atoms with E-state index < -0.39 is 18.2 Å². The van der Waals surface area contributed by atoms with Crippen molar-refractivity contribution < 1.29 is 29.3 Å². The molecule has 0 aliphatic carbocycles. The van der Waals surface area contributed by atoms with Crippen LogP contribution < -0.4 is 10.1 Å². The first-order valence-electron chi connectivity index (χ1n) is 10.3. The molecular weight excluding hydrogens is 430 g/mol. The van der Waals surface area contributed by atoms with Gasteiger partial charge in [0, 0.05) is 16.7 Å². The molecule has 2 rings (SSSR count). The van der Waals surface area contributed by atoms with Gasteiger partial charge in [0.05, 0.1) is 6.61 Å². The molecule has 172 valence electrons. The molecule has 0 bridgehead atoms. The van der Waals surface area contributed by atoms with E-state index in [1.54, 1.807) is 36.0 Å². The number of carboxylic acids is 1. The van der Waals surface area contributed by atoms with E-state index in [2.05, 4.69) is 5.32 Å². The van der Waals surface area contributed by atoms with Crippen LogP contribution in [0.15, 0.2) is 65.6 Å². The van der Waals surface area contributed by atoms with Crippen molar-refractivity contribution in [2.75, 3.05) is 24.8 Å². The highest BCUT2D eigenvalue weighted by molar-refractivity contribution is 7.98. The van der Waals surface area contributed by atoms with Gasteiger partial charge in [-0.15, -0.1) is 11.8 Å². The van der Waals surface area contributed by atoms with Crippen LogP contribution in [0, 0.1) is 5.92 Å². The van der Waals surface area contributed by atoms with Gasteiger partial charge in [0.1, 0.15) is 18.5 Å². The molecule has 0 saturated carbocycles. The van der Waals surface area contributed by atoms with Crippen molar-refractivity contribution in [3.8, 4) is 5.75 Å². The molecule has 8 heteroatoms. The fourth-order valence-corrected chi connectivity index (χ4v) is 3.50. The molecule has 32 heavy (non-hydrogen) atoms. The van der Waals surface area contributed by atoms with Gasteiger partial charge in [0.15, 0.2) is 0 Å². The number of nitrogens with one attached hydrogen (secondary N) is 1. The van der Waals surface area contributed by atoms with E-state index in [1.807, 2.05) is 43.5 Å². The Kier molecular flexibility index (Phi) is 10.6. The first-order valence-corrected chi connectivity index (χ1v) is 11.5. The Morgan fingerprint density at radius 1 is 1.19 bits per heavy atom. The molecule has 0 spiro atoms. The van der Waals surface area contributed by atoms with Crippen LogP contribution in [0.2, 0.25) is 0 Å². The number of aliphatic hydroxyl groups excluding tert-OH is 1. The second-order valence-electron chi connectivity index (χ2n) is 7.12. The Morgan fingerprint density at radius 2 is 1.94 bits per heavy atom. The van der Waals surface area contributed by atoms with Crippen LogP contribution in [0.4, 0.5) is 10.5 Å². The monoisotopic (exact) mass is 459 g/mol. The molecule has 3 N–H and O–H groups in total. The Labute approximate surface area is 192 Å². The Morgan fingerprint density at radius 3 is 2.59 bits per heavy atom. The average Bonchev–Trinajstić information content (AvgIpc) is 2.79. The van der Waals surface area contributed by atoms with E-state index >= 15 is 0 Å². The molecule has 0 radical (unpaired) electrons. The Hall–Kier alpha value is -2.97. The second kappa shape index (κ2) is 13.4. The van der Waals surface area contributed by atoms with E-state index in [1.165, 1.54) is 0 Å². The van der Waals surface area contributed by atoms with Crippen LogP contribution in [0.5, 0.6) is 5.75 Å². The fourth-order valence-electron chi connectivity index (χ4n) is 3.09. The molecule has 0 fully saturated rings. The number of hydrogen-bond acceptors (Lipinski definition) is 6. The zero-order valence-electron chi connectivity index (χ0n) is 18.2. The van der Waals surface area contributed by atoms with Crippen molar-refractivity contribution in [2.24, 2.45) is 5.92 Å². The van der Waals surface area contributed by atoms with Gasteiger partial charge >= 0.3 is 12.1 Å². The van der Waals surface area contributed by atoms with Crippen molar-refractivity contribution in [1.82, 2.24) is 0 Å². The number of allylic oxidation sites excluding steroid dienone is 1. The summed E-state index contributed by atoms with van der Waals surface area (Å²) >= 11 is 1.61. The van der Waals surface area contributed by atoms with Gasteiger partial charge in [0.2, 0.25) is 0 Å². The highest BCUT2D eigenvalue weighted by atomic mass is 32.2. The minimum Gasteiger partial charge on any atom is -0.491 e. The van der Waals surface area contributed by atoms with Crippen LogP contribution in [0.3, 0.4) is 0 Å². The van der Waals surface area contributed by atoms with Crippen LogP contribution >= 0.6 is 11.8 Å². The third-order valence-corrected chi connectivity index (χ3v) is 5.43. The number of hydrogen-bond donors (Lipinski definition) is 3. The summed E-state index contributed by atoms with van der Waals surface area (Å²) in [6, 6.07) is 14.6. The summed E-state index contributed by atoms with van der Waals surface area (Å²) in [6.45, 7) is 2.01. The molecule has 0 aromatic heterocycles. The predicted octanol–water partition coefficient (Wildman–Crippen LogP) is 5.13. The number of rotatable bonds is 12. The number of carbonyl (C=O) groups excluding carboxylic acids is 1. The van der Waals surface area contributed by atoms with Gasteiger partial charge in [-0.25, -0.2) is 9.59 Å². The molecule has 2 aromatic carbocycles. The van der Waals surface area contributed by atoms with Crippen molar-refractivity contribution in [3.05, 3.63) is 66.2 Å². The van der Waals surface area contributed by atoms with E-state index in [0.717, 1.165) is 16.5 Å². The normalized spacial score (nSPS) is 12.8. The lowest BCUT2D eigenvalue weighted by atomic mass is 9.93. The summed E-state index contributed by atoms with van der Waals surface area (Å²) in [4.78, 5) is 24.4. The molecule has 0 saturated heterocycles. The second-order valence-corrected chi connectivity index (χ2v) is 8.00. The summed E-state index contributed by atoms with van der Waals surface area (Å²) in [6.07, 6.45) is 4.67. The van der Waals surface area contributed by atoms with E-state index in [0.29, 0.717) is 24.3 Å². The SMILES string of the molecule is CSc1ccc(NC(=O)O[C@@H](c2cccc(OCCO)c2)[C@@H](C)CC/C=C/C(=O)O)cc1. The van der Waals surface area contributed by atoms with Gasteiger partial charge in [-0.2, -0.15) is 0 Å². The van der Waals surface area contributed by atoms with Gasteiger partial charge in [-0.05, 0) is 67.0 Å². The Balaban J connectivity index is 2.14.